The van der Waals surface area contributed by atoms with Crippen LogP contribution >= 0.6 is 23.2 Å². The lowest BCUT2D eigenvalue weighted by molar-refractivity contribution is -0.139. The van der Waals surface area contributed by atoms with E-state index in [2.05, 4.69) is 5.32 Å². The molecule has 2 amide bonds. The molecule has 0 bridgehead atoms. The van der Waals surface area contributed by atoms with Gasteiger partial charge in [-0.2, -0.15) is 0 Å². The Hall–Kier alpha value is -3.47. The molecule has 0 radical (unpaired) electrons. The maximum Gasteiger partial charge on any atom is 0.264 e. The molecule has 0 unspecified atom stereocenters. The van der Waals surface area contributed by atoms with Crippen molar-refractivity contribution in [2.45, 2.75) is 50.7 Å². The van der Waals surface area contributed by atoms with Crippen LogP contribution < -0.4 is 19.1 Å². The van der Waals surface area contributed by atoms with E-state index < -0.39 is 28.5 Å². The number of carbonyl (C=O) groups excluding carboxylic acids is 2. The lowest BCUT2D eigenvalue weighted by Crippen LogP contribution is -2.52. The van der Waals surface area contributed by atoms with Gasteiger partial charge < -0.3 is 19.7 Å². The number of amides is 2. The van der Waals surface area contributed by atoms with E-state index in [1.165, 1.54) is 43.4 Å². The first-order valence-corrected chi connectivity index (χ1v) is 15.5. The number of carbonyl (C=O) groups is 2. The molecule has 3 aromatic carbocycles. The van der Waals surface area contributed by atoms with E-state index >= 15 is 0 Å². The average molecular weight is 637 g/mol. The summed E-state index contributed by atoms with van der Waals surface area (Å²) < 4.78 is 39.7. The number of hydrogen-bond acceptors (Lipinski definition) is 6. The standard InChI is InChI=1S/C30H35Cl2N3O6S/c1-6-20(2)33-30(37)21(3)34(18-22-11-16-25(31)26(32)17-22)29(36)19-35(27-9-7-8-10-28(27)41-5)42(38,39)24-14-12-23(40-4)13-15-24/h7-17,20-21H,6,18-19H2,1-5H3,(H,33,37)/t20-,21+/m1/s1. The molecule has 3 rings (SSSR count). The fraction of sp³-hybridized carbons (Fsp3) is 0.333. The Balaban J connectivity index is 2.08. The van der Waals surface area contributed by atoms with E-state index in [9.17, 15) is 18.0 Å². The highest BCUT2D eigenvalue weighted by Crippen LogP contribution is 2.33. The summed E-state index contributed by atoms with van der Waals surface area (Å²) >= 11 is 12.3. The summed E-state index contributed by atoms with van der Waals surface area (Å²) in [7, 11) is -1.39. The van der Waals surface area contributed by atoms with Crippen LogP contribution in [0.15, 0.2) is 71.6 Å². The number of para-hydroxylation sites is 2. The Morgan fingerprint density at radius 1 is 0.929 bits per heavy atom. The van der Waals surface area contributed by atoms with Gasteiger partial charge in [-0.05, 0) is 74.4 Å². The van der Waals surface area contributed by atoms with Gasteiger partial charge in [0.1, 0.15) is 24.1 Å². The summed E-state index contributed by atoms with van der Waals surface area (Å²) in [6.07, 6.45) is 0.695. The molecule has 0 aromatic heterocycles. The lowest BCUT2D eigenvalue weighted by atomic mass is 10.1. The van der Waals surface area contributed by atoms with Crippen LogP contribution in [0.25, 0.3) is 0 Å². The largest absolute Gasteiger partial charge is 0.497 e. The molecule has 9 nitrogen and oxygen atoms in total. The Morgan fingerprint density at radius 2 is 1.60 bits per heavy atom. The first-order chi connectivity index (χ1) is 19.9. The predicted octanol–water partition coefficient (Wildman–Crippen LogP) is 5.54. The van der Waals surface area contributed by atoms with E-state index in [1.54, 1.807) is 49.4 Å². The molecule has 42 heavy (non-hydrogen) atoms. The SMILES string of the molecule is CC[C@@H](C)NC(=O)[C@H](C)N(Cc1ccc(Cl)c(Cl)c1)C(=O)CN(c1ccccc1OC)S(=O)(=O)c1ccc(OC)cc1. The fourth-order valence-corrected chi connectivity index (χ4v) is 5.85. The molecule has 0 fully saturated rings. The van der Waals surface area contributed by atoms with Crippen LogP contribution in [0.1, 0.15) is 32.8 Å². The van der Waals surface area contributed by atoms with Crippen molar-refractivity contribution < 1.29 is 27.5 Å². The molecule has 12 heteroatoms. The maximum absolute atomic E-state index is 14.1. The van der Waals surface area contributed by atoms with Crippen LogP contribution in [0, 0.1) is 0 Å². The number of nitrogens with one attached hydrogen (secondary N) is 1. The van der Waals surface area contributed by atoms with E-state index in [1.807, 2.05) is 13.8 Å². The van der Waals surface area contributed by atoms with Gasteiger partial charge in [-0.15, -0.1) is 0 Å². The molecule has 3 aromatic rings. The lowest BCUT2D eigenvalue weighted by Gasteiger charge is -2.32. The zero-order chi connectivity index (χ0) is 31.0. The van der Waals surface area contributed by atoms with Crippen LogP contribution in [-0.2, 0) is 26.2 Å². The molecule has 226 valence electrons. The van der Waals surface area contributed by atoms with Gasteiger partial charge in [-0.3, -0.25) is 13.9 Å². The molecule has 0 aliphatic rings. The monoisotopic (exact) mass is 635 g/mol. The van der Waals surface area contributed by atoms with Crippen molar-refractivity contribution >= 4 is 50.7 Å². The molecule has 0 aliphatic carbocycles. The van der Waals surface area contributed by atoms with Crippen molar-refractivity contribution in [3.8, 4) is 11.5 Å². The van der Waals surface area contributed by atoms with Gasteiger partial charge in [0.25, 0.3) is 10.0 Å². The minimum atomic E-state index is -4.28. The van der Waals surface area contributed by atoms with Gasteiger partial charge in [0, 0.05) is 12.6 Å². The zero-order valence-electron chi connectivity index (χ0n) is 24.1. The van der Waals surface area contributed by atoms with Gasteiger partial charge in [-0.25, -0.2) is 8.42 Å². The summed E-state index contributed by atoms with van der Waals surface area (Å²) in [6.45, 7) is 4.76. The normalized spacial score (nSPS) is 12.6. The van der Waals surface area contributed by atoms with Gasteiger partial charge >= 0.3 is 0 Å². The molecule has 2 atom stereocenters. The molecule has 0 saturated heterocycles. The summed E-state index contributed by atoms with van der Waals surface area (Å²) in [4.78, 5) is 28.5. The zero-order valence-corrected chi connectivity index (χ0v) is 26.5. The van der Waals surface area contributed by atoms with E-state index in [4.69, 9.17) is 32.7 Å². The Labute approximate surface area is 257 Å². The minimum absolute atomic E-state index is 0.0207. The van der Waals surface area contributed by atoms with Crippen molar-refractivity contribution in [3.63, 3.8) is 0 Å². The quantitative estimate of drug-likeness (QED) is 0.264. The number of benzene rings is 3. The van der Waals surface area contributed by atoms with Crippen LogP contribution in [0.4, 0.5) is 5.69 Å². The number of methoxy groups -OCH3 is 2. The summed E-state index contributed by atoms with van der Waals surface area (Å²) in [6, 6.07) is 16.2. The number of ether oxygens (including phenoxy) is 2. The maximum atomic E-state index is 14.1. The number of nitrogens with zero attached hydrogens (tertiary/aromatic N) is 2. The van der Waals surface area contributed by atoms with Gasteiger partial charge in [0.05, 0.1) is 34.8 Å². The number of halogens is 2. The van der Waals surface area contributed by atoms with E-state index in [-0.39, 0.29) is 39.8 Å². The Bertz CT molecular complexity index is 1500. The highest BCUT2D eigenvalue weighted by atomic mass is 35.5. The Morgan fingerprint density at radius 3 is 2.19 bits per heavy atom. The van der Waals surface area contributed by atoms with Crippen LogP contribution in [0.2, 0.25) is 10.0 Å². The molecular formula is C30H35Cl2N3O6S. The van der Waals surface area contributed by atoms with Crippen LogP contribution in [0.5, 0.6) is 11.5 Å². The van der Waals surface area contributed by atoms with E-state index in [0.717, 1.165) is 4.31 Å². The van der Waals surface area contributed by atoms with Crippen molar-refractivity contribution in [3.05, 3.63) is 82.3 Å². The number of anilines is 1. The van der Waals surface area contributed by atoms with E-state index in [0.29, 0.717) is 22.8 Å². The smallest absolute Gasteiger partial charge is 0.264 e. The predicted molar refractivity (Wildman–Crippen MR) is 165 cm³/mol. The van der Waals surface area contributed by atoms with Gasteiger partial charge in [-0.1, -0.05) is 48.3 Å². The molecule has 0 spiro atoms. The number of sulfonamides is 1. The molecule has 1 N–H and O–H groups in total. The first-order valence-electron chi connectivity index (χ1n) is 13.3. The number of hydrogen-bond donors (Lipinski definition) is 1. The van der Waals surface area contributed by atoms with Crippen molar-refractivity contribution in [2.75, 3.05) is 25.1 Å². The van der Waals surface area contributed by atoms with Gasteiger partial charge in [0.2, 0.25) is 11.8 Å². The van der Waals surface area contributed by atoms with Crippen LogP contribution in [0.3, 0.4) is 0 Å². The number of rotatable bonds is 13. The minimum Gasteiger partial charge on any atom is -0.497 e. The second kappa shape index (κ2) is 14.6. The topological polar surface area (TPSA) is 105 Å². The molecule has 0 saturated carbocycles. The highest BCUT2D eigenvalue weighted by Gasteiger charge is 2.34. The third-order valence-electron chi connectivity index (χ3n) is 6.79. The summed E-state index contributed by atoms with van der Waals surface area (Å²) in [5.41, 5.74) is 0.776. The molecule has 0 aliphatic heterocycles. The van der Waals surface area contributed by atoms with Crippen LogP contribution in [-0.4, -0.2) is 58.0 Å². The third kappa shape index (κ3) is 7.87. The fourth-order valence-electron chi connectivity index (χ4n) is 4.11. The second-order valence-corrected chi connectivity index (χ2v) is 12.3. The van der Waals surface area contributed by atoms with Crippen molar-refractivity contribution in [2.24, 2.45) is 0 Å². The molecular weight excluding hydrogens is 601 g/mol. The van der Waals surface area contributed by atoms with Gasteiger partial charge in [0.15, 0.2) is 0 Å². The van der Waals surface area contributed by atoms with Crippen molar-refractivity contribution in [1.29, 1.82) is 0 Å². The second-order valence-electron chi connectivity index (χ2n) is 9.62. The van der Waals surface area contributed by atoms with Crippen molar-refractivity contribution in [1.82, 2.24) is 10.2 Å². The summed E-state index contributed by atoms with van der Waals surface area (Å²) in [5, 5.41) is 3.53. The third-order valence-corrected chi connectivity index (χ3v) is 9.30. The highest BCUT2D eigenvalue weighted by molar-refractivity contribution is 7.92. The Kier molecular flexibility index (Phi) is 11.5. The summed E-state index contributed by atoms with van der Waals surface area (Å²) in [5.74, 6) is -0.265. The average Bonchev–Trinajstić information content (AvgIpc) is 2.99. The first kappa shape index (κ1) is 33.0. The molecule has 0 heterocycles.